The van der Waals surface area contributed by atoms with Gasteiger partial charge in [0.2, 0.25) is 0 Å². The third kappa shape index (κ3) is 1.91. The zero-order valence-corrected chi connectivity index (χ0v) is 7.98. The summed E-state index contributed by atoms with van der Waals surface area (Å²) in [6, 6.07) is 3.89. The van der Waals surface area contributed by atoms with Gasteiger partial charge in [0.25, 0.3) is 0 Å². The molecule has 72 valence electrons. The van der Waals surface area contributed by atoms with E-state index in [1.54, 1.807) is 0 Å². The van der Waals surface area contributed by atoms with E-state index >= 15 is 0 Å². The molecule has 2 rings (SSSR count). The van der Waals surface area contributed by atoms with E-state index in [1.807, 2.05) is 18.3 Å². The Hall–Kier alpha value is -1.41. The number of hydrogen-bond donors (Lipinski definition) is 1. The zero-order chi connectivity index (χ0) is 9.80. The van der Waals surface area contributed by atoms with E-state index in [-0.39, 0.29) is 6.61 Å². The van der Waals surface area contributed by atoms with Crippen molar-refractivity contribution in [2.24, 2.45) is 0 Å². The van der Waals surface area contributed by atoms with E-state index in [1.165, 1.54) is 5.57 Å². The highest BCUT2D eigenvalue weighted by Crippen LogP contribution is 2.22. The number of rotatable bonds is 2. The van der Waals surface area contributed by atoms with Gasteiger partial charge >= 0.3 is 0 Å². The van der Waals surface area contributed by atoms with Crippen molar-refractivity contribution in [2.75, 3.05) is 0 Å². The van der Waals surface area contributed by atoms with E-state index in [4.69, 9.17) is 5.11 Å². The van der Waals surface area contributed by atoms with Gasteiger partial charge in [0.15, 0.2) is 0 Å². The number of allylic oxidation sites excluding steroid dienone is 4. The molecule has 0 bridgehead atoms. The summed E-state index contributed by atoms with van der Waals surface area (Å²) in [5, 5.41) is 8.85. The van der Waals surface area contributed by atoms with Crippen molar-refractivity contribution in [3.8, 4) is 0 Å². The van der Waals surface area contributed by atoms with Crippen LogP contribution in [0.1, 0.15) is 24.1 Å². The van der Waals surface area contributed by atoms with Crippen LogP contribution in [0.15, 0.2) is 36.6 Å². The lowest BCUT2D eigenvalue weighted by atomic mass is 9.99. The van der Waals surface area contributed by atoms with Crippen LogP contribution in [-0.2, 0) is 6.61 Å². The van der Waals surface area contributed by atoms with Gasteiger partial charge in [-0.3, -0.25) is 4.98 Å². The molecule has 0 saturated carbocycles. The molecule has 0 saturated heterocycles. The Kier molecular flexibility index (Phi) is 2.75. The molecule has 1 aromatic rings. The molecule has 1 aliphatic rings. The number of pyridine rings is 1. The Labute approximate surface area is 83.6 Å². The number of aliphatic hydroxyl groups excluding tert-OH is 1. The summed E-state index contributed by atoms with van der Waals surface area (Å²) < 4.78 is 0. The Morgan fingerprint density at radius 1 is 1.36 bits per heavy atom. The van der Waals surface area contributed by atoms with Gasteiger partial charge in [0, 0.05) is 6.20 Å². The highest BCUT2D eigenvalue weighted by molar-refractivity contribution is 5.67. The fraction of sp³-hybridized carbons (Fsp3) is 0.250. The maximum atomic E-state index is 8.85. The van der Waals surface area contributed by atoms with E-state index in [2.05, 4.69) is 23.2 Å². The average Bonchev–Trinajstić information content (AvgIpc) is 2.30. The highest BCUT2D eigenvalue weighted by Gasteiger charge is 2.03. The minimum absolute atomic E-state index is 0.0131. The van der Waals surface area contributed by atoms with Gasteiger partial charge in [-0.05, 0) is 30.0 Å². The maximum Gasteiger partial charge on any atom is 0.0852 e. The molecule has 2 heteroatoms. The molecule has 1 aromatic heterocycles. The van der Waals surface area contributed by atoms with Crippen molar-refractivity contribution in [3.63, 3.8) is 0 Å². The Morgan fingerprint density at radius 3 is 2.86 bits per heavy atom. The lowest BCUT2D eigenvalue weighted by molar-refractivity contribution is 0.277. The molecule has 1 N–H and O–H groups in total. The lowest BCUT2D eigenvalue weighted by Gasteiger charge is -2.08. The quantitative estimate of drug-likeness (QED) is 0.770. The average molecular weight is 187 g/mol. The zero-order valence-electron chi connectivity index (χ0n) is 7.98. The van der Waals surface area contributed by atoms with Crippen LogP contribution in [0, 0.1) is 0 Å². The molecule has 0 spiro atoms. The normalized spacial score (nSPS) is 15.4. The molecule has 0 fully saturated rings. The Morgan fingerprint density at radius 2 is 2.29 bits per heavy atom. The third-order valence-corrected chi connectivity index (χ3v) is 2.37. The van der Waals surface area contributed by atoms with Gasteiger partial charge in [-0.15, -0.1) is 0 Å². The standard InChI is InChI=1S/C12H13NO/c14-9-12-7-6-11(8-13-12)10-4-2-1-3-5-10/h1-2,4,6-8,14H,3,5,9H2. The third-order valence-electron chi connectivity index (χ3n) is 2.37. The molecule has 0 aliphatic heterocycles. The molecule has 1 aliphatic carbocycles. The summed E-state index contributed by atoms with van der Waals surface area (Å²) in [6.07, 6.45) is 10.4. The summed E-state index contributed by atoms with van der Waals surface area (Å²) in [6.45, 7) is 0.0131. The van der Waals surface area contributed by atoms with Crippen molar-refractivity contribution >= 4 is 5.57 Å². The van der Waals surface area contributed by atoms with E-state index in [9.17, 15) is 0 Å². The van der Waals surface area contributed by atoms with Gasteiger partial charge in [-0.2, -0.15) is 0 Å². The summed E-state index contributed by atoms with van der Waals surface area (Å²) >= 11 is 0. The second-order valence-electron chi connectivity index (χ2n) is 3.36. The molecular formula is C12H13NO. The first-order valence-electron chi connectivity index (χ1n) is 4.82. The van der Waals surface area contributed by atoms with Gasteiger partial charge in [-0.1, -0.05) is 24.3 Å². The van der Waals surface area contributed by atoms with Crippen LogP contribution >= 0.6 is 0 Å². The summed E-state index contributed by atoms with van der Waals surface area (Å²) in [5.74, 6) is 0. The summed E-state index contributed by atoms with van der Waals surface area (Å²) in [5.41, 5.74) is 3.21. The molecule has 0 unspecified atom stereocenters. The van der Waals surface area contributed by atoms with Gasteiger partial charge < -0.3 is 5.11 Å². The highest BCUT2D eigenvalue weighted by atomic mass is 16.3. The van der Waals surface area contributed by atoms with Crippen molar-refractivity contribution in [1.29, 1.82) is 0 Å². The van der Waals surface area contributed by atoms with Crippen LogP contribution < -0.4 is 0 Å². The number of aromatic nitrogens is 1. The first-order valence-corrected chi connectivity index (χ1v) is 4.82. The number of hydrogen-bond acceptors (Lipinski definition) is 2. The van der Waals surface area contributed by atoms with Crippen LogP contribution in [0.4, 0.5) is 0 Å². The van der Waals surface area contributed by atoms with Crippen LogP contribution in [0.5, 0.6) is 0 Å². The number of aliphatic hydroxyl groups is 1. The van der Waals surface area contributed by atoms with Gasteiger partial charge in [0.05, 0.1) is 12.3 Å². The summed E-state index contributed by atoms with van der Waals surface area (Å²) in [7, 11) is 0. The van der Waals surface area contributed by atoms with Crippen molar-refractivity contribution in [2.45, 2.75) is 19.4 Å². The van der Waals surface area contributed by atoms with E-state index < -0.39 is 0 Å². The smallest absolute Gasteiger partial charge is 0.0852 e. The minimum Gasteiger partial charge on any atom is -0.390 e. The first kappa shape index (κ1) is 9.16. The Bertz CT molecular complexity index is 362. The molecular weight excluding hydrogens is 174 g/mol. The largest absolute Gasteiger partial charge is 0.390 e. The molecule has 0 amide bonds. The van der Waals surface area contributed by atoms with E-state index in [0.29, 0.717) is 0 Å². The van der Waals surface area contributed by atoms with Crippen molar-refractivity contribution in [3.05, 3.63) is 47.8 Å². The monoisotopic (exact) mass is 187 g/mol. The van der Waals surface area contributed by atoms with Crippen molar-refractivity contribution in [1.82, 2.24) is 4.98 Å². The maximum absolute atomic E-state index is 8.85. The van der Waals surface area contributed by atoms with Crippen LogP contribution in [0.3, 0.4) is 0 Å². The predicted molar refractivity (Wildman–Crippen MR) is 56.5 cm³/mol. The van der Waals surface area contributed by atoms with E-state index in [0.717, 1.165) is 24.1 Å². The van der Waals surface area contributed by atoms with Crippen LogP contribution in [0.25, 0.3) is 5.57 Å². The predicted octanol–water partition coefficient (Wildman–Crippen LogP) is 2.31. The number of nitrogens with zero attached hydrogens (tertiary/aromatic N) is 1. The van der Waals surface area contributed by atoms with Gasteiger partial charge in [0.1, 0.15) is 0 Å². The second-order valence-corrected chi connectivity index (χ2v) is 3.36. The molecule has 0 atom stereocenters. The topological polar surface area (TPSA) is 33.1 Å². The van der Waals surface area contributed by atoms with Crippen molar-refractivity contribution < 1.29 is 5.11 Å². The van der Waals surface area contributed by atoms with Gasteiger partial charge in [-0.25, -0.2) is 0 Å². The first-order chi connectivity index (χ1) is 6.90. The SMILES string of the molecule is OCc1ccc(C2=CC=CCC2)cn1. The minimum atomic E-state index is 0.0131. The Balaban J connectivity index is 2.24. The molecule has 14 heavy (non-hydrogen) atoms. The fourth-order valence-corrected chi connectivity index (χ4v) is 1.55. The lowest BCUT2D eigenvalue weighted by Crippen LogP contribution is -1.92. The second kappa shape index (κ2) is 4.20. The fourth-order valence-electron chi connectivity index (χ4n) is 1.55. The molecule has 2 nitrogen and oxygen atoms in total. The molecule has 0 aromatic carbocycles. The van der Waals surface area contributed by atoms with Crippen LogP contribution in [0.2, 0.25) is 0 Å². The summed E-state index contributed by atoms with van der Waals surface area (Å²) in [4.78, 5) is 4.16. The molecule has 1 heterocycles. The molecule has 0 radical (unpaired) electrons. The van der Waals surface area contributed by atoms with Crippen LogP contribution in [-0.4, -0.2) is 10.1 Å².